The molecule has 14 nitrogen and oxygen atoms in total. The highest BCUT2D eigenvalue weighted by Gasteiger charge is 2.45. The molecule has 0 spiro atoms. The minimum Gasteiger partial charge on any atom is -0.481 e. The lowest BCUT2D eigenvalue weighted by Gasteiger charge is -2.35. The zero-order valence-electron chi connectivity index (χ0n) is 17.9. The SMILES string of the molecule is NC1=NC2=[NH+]C[C@@H](CNc3ccc(C(=O)N[C@@H](CCC(=O)O)C(=O)O)cc3)N(C=O)C2C(=O)N1. The number of rotatable bonds is 10. The largest absolute Gasteiger partial charge is 0.481 e. The quantitative estimate of drug-likeness (QED) is 0.166. The predicted octanol–water partition coefficient (Wildman–Crippen LogP) is -3.72. The lowest BCUT2D eigenvalue weighted by atomic mass is 10.1. The van der Waals surface area contributed by atoms with Crippen molar-refractivity contribution in [1.82, 2.24) is 15.5 Å². The third-order valence-corrected chi connectivity index (χ3v) is 5.30. The van der Waals surface area contributed by atoms with E-state index in [0.29, 0.717) is 24.5 Å². The minimum absolute atomic E-state index is 0.0492. The van der Waals surface area contributed by atoms with Crippen LogP contribution >= 0.6 is 0 Å². The molecule has 3 amide bonds. The van der Waals surface area contributed by atoms with E-state index in [0.717, 1.165) is 0 Å². The number of nitrogens with one attached hydrogen (secondary N) is 4. The molecule has 3 rings (SSSR count). The van der Waals surface area contributed by atoms with Crippen molar-refractivity contribution in [2.24, 2.45) is 10.7 Å². The molecule has 0 bridgehead atoms. The summed E-state index contributed by atoms with van der Waals surface area (Å²) in [5.74, 6) is -3.36. The number of benzene rings is 1. The Hall–Kier alpha value is -4.49. The van der Waals surface area contributed by atoms with Gasteiger partial charge in [-0.2, -0.15) is 0 Å². The fraction of sp³-hybridized carbons (Fsp3) is 0.350. The van der Waals surface area contributed by atoms with E-state index in [1.807, 2.05) is 0 Å². The van der Waals surface area contributed by atoms with Crippen molar-refractivity contribution in [3.05, 3.63) is 29.8 Å². The monoisotopic (exact) mass is 474 g/mol. The number of carboxylic acid groups (broad SMARTS) is 2. The fourth-order valence-corrected chi connectivity index (χ4v) is 3.56. The number of aliphatic carboxylic acids is 2. The van der Waals surface area contributed by atoms with E-state index in [-0.39, 0.29) is 30.5 Å². The first-order valence-corrected chi connectivity index (χ1v) is 10.3. The summed E-state index contributed by atoms with van der Waals surface area (Å²) < 4.78 is 0. The smallest absolute Gasteiger partial charge is 0.328 e. The summed E-state index contributed by atoms with van der Waals surface area (Å²) in [6.45, 7) is 0.610. The van der Waals surface area contributed by atoms with Crippen LogP contribution in [0.1, 0.15) is 23.2 Å². The molecule has 8 N–H and O–H groups in total. The van der Waals surface area contributed by atoms with E-state index >= 15 is 0 Å². The number of anilines is 1. The van der Waals surface area contributed by atoms with Crippen LogP contribution in [0.2, 0.25) is 0 Å². The topological polar surface area (TPSA) is 217 Å². The van der Waals surface area contributed by atoms with Crippen molar-refractivity contribution in [2.75, 3.05) is 18.4 Å². The van der Waals surface area contributed by atoms with Gasteiger partial charge in [0.05, 0.1) is 6.04 Å². The highest BCUT2D eigenvalue weighted by atomic mass is 16.4. The van der Waals surface area contributed by atoms with Gasteiger partial charge in [-0.1, -0.05) is 0 Å². The molecule has 0 fully saturated rings. The number of hydrogen-bond donors (Lipinski definition) is 7. The van der Waals surface area contributed by atoms with Crippen molar-refractivity contribution < 1.29 is 39.2 Å². The second kappa shape index (κ2) is 10.4. The molecule has 2 aliphatic heterocycles. The summed E-state index contributed by atoms with van der Waals surface area (Å²) in [6, 6.07) is 3.51. The highest BCUT2D eigenvalue weighted by Crippen LogP contribution is 2.14. The second-order valence-electron chi connectivity index (χ2n) is 7.62. The number of fused-ring (bicyclic) bond motifs is 1. The Kier molecular flexibility index (Phi) is 7.40. The number of nitrogens with two attached hydrogens (primary N) is 1. The number of amidine groups is 1. The van der Waals surface area contributed by atoms with Gasteiger partial charge in [-0.05, 0) is 35.7 Å². The molecule has 0 aromatic heterocycles. The van der Waals surface area contributed by atoms with E-state index in [1.54, 1.807) is 12.1 Å². The number of carbonyl (C=O) groups is 5. The van der Waals surface area contributed by atoms with Crippen molar-refractivity contribution in [1.29, 1.82) is 0 Å². The number of aliphatic imine (C=N–C) groups is 1. The molecule has 3 atom stereocenters. The van der Waals surface area contributed by atoms with E-state index in [9.17, 15) is 29.1 Å². The summed E-state index contributed by atoms with van der Waals surface area (Å²) in [7, 11) is 0. The van der Waals surface area contributed by atoms with Gasteiger partial charge in [0, 0.05) is 24.2 Å². The molecule has 1 aromatic rings. The van der Waals surface area contributed by atoms with Crippen molar-refractivity contribution in [2.45, 2.75) is 31.0 Å². The van der Waals surface area contributed by atoms with Gasteiger partial charge in [-0.25, -0.2) is 4.79 Å². The van der Waals surface area contributed by atoms with Gasteiger partial charge < -0.3 is 31.5 Å². The van der Waals surface area contributed by atoms with Crippen LogP contribution in [0.25, 0.3) is 0 Å². The van der Waals surface area contributed by atoms with Gasteiger partial charge in [0.15, 0.2) is 0 Å². The number of carbonyl (C=O) groups excluding carboxylic acids is 3. The van der Waals surface area contributed by atoms with Crippen LogP contribution in [0.4, 0.5) is 5.69 Å². The molecular weight excluding hydrogens is 450 g/mol. The molecule has 0 radical (unpaired) electrons. The van der Waals surface area contributed by atoms with Crippen LogP contribution in [0.5, 0.6) is 0 Å². The summed E-state index contributed by atoms with van der Waals surface area (Å²) in [6.07, 6.45) is -0.0602. The van der Waals surface area contributed by atoms with Crippen LogP contribution in [0, 0.1) is 0 Å². The summed E-state index contributed by atoms with van der Waals surface area (Å²) in [5, 5.41) is 25.7. The van der Waals surface area contributed by atoms with Crippen LogP contribution in [0.15, 0.2) is 29.3 Å². The number of guanidine groups is 1. The molecule has 0 aliphatic carbocycles. The first-order valence-electron chi connectivity index (χ1n) is 10.3. The summed E-state index contributed by atoms with van der Waals surface area (Å²) >= 11 is 0. The second-order valence-corrected chi connectivity index (χ2v) is 7.62. The number of amides is 3. The molecule has 1 unspecified atom stereocenters. The predicted molar refractivity (Wildman–Crippen MR) is 117 cm³/mol. The Bertz CT molecular complexity index is 1050. The third-order valence-electron chi connectivity index (χ3n) is 5.30. The molecule has 180 valence electrons. The standard InChI is InChI=1S/C20H23N7O7/c21-20-25-16-15(18(32)26-20)27(9-28)12(8-23-16)7-22-11-3-1-10(2-4-11)17(31)24-13(19(33)34)5-6-14(29)30/h1-4,9,12-13,15,22H,5-8H2,(H,24,31)(H,29,30)(H,33,34)(H3,21,23,25,26,32)/p+1/t12-,13+,15?/m1/s1. The zero-order chi connectivity index (χ0) is 24.8. The molecule has 1 aromatic carbocycles. The Morgan fingerprint density at radius 2 is 2.00 bits per heavy atom. The third kappa shape index (κ3) is 5.65. The van der Waals surface area contributed by atoms with Crippen molar-refractivity contribution >= 4 is 47.6 Å². The van der Waals surface area contributed by atoms with Crippen LogP contribution < -0.4 is 26.7 Å². The first kappa shape index (κ1) is 24.2. The van der Waals surface area contributed by atoms with Gasteiger partial charge >= 0.3 is 23.7 Å². The van der Waals surface area contributed by atoms with E-state index in [2.05, 4.69) is 25.9 Å². The Labute approximate surface area is 192 Å². The first-order chi connectivity index (χ1) is 16.2. The molecule has 34 heavy (non-hydrogen) atoms. The lowest BCUT2D eigenvalue weighted by Crippen LogP contribution is -2.87. The molecule has 0 saturated carbocycles. The number of carboxylic acids is 2. The van der Waals surface area contributed by atoms with Gasteiger partial charge in [0.1, 0.15) is 12.6 Å². The van der Waals surface area contributed by atoms with E-state index in [4.69, 9.17) is 10.8 Å². The van der Waals surface area contributed by atoms with E-state index < -0.39 is 42.3 Å². The average Bonchev–Trinajstić information content (AvgIpc) is 2.79. The van der Waals surface area contributed by atoms with Crippen LogP contribution in [-0.2, 0) is 19.2 Å². The van der Waals surface area contributed by atoms with E-state index in [1.165, 1.54) is 17.0 Å². The van der Waals surface area contributed by atoms with Crippen LogP contribution in [0.3, 0.4) is 0 Å². The van der Waals surface area contributed by atoms with Crippen molar-refractivity contribution in [3.8, 4) is 0 Å². The van der Waals surface area contributed by atoms with Gasteiger partial charge in [0.25, 0.3) is 11.8 Å². The molecular formula is C20H24N7O7+. The Morgan fingerprint density at radius 3 is 2.62 bits per heavy atom. The maximum absolute atomic E-state index is 12.3. The van der Waals surface area contributed by atoms with Crippen LogP contribution in [-0.4, -0.2) is 88.3 Å². The lowest BCUT2D eigenvalue weighted by molar-refractivity contribution is -0.474. The highest BCUT2D eigenvalue weighted by molar-refractivity contribution is 6.18. The Morgan fingerprint density at radius 1 is 1.29 bits per heavy atom. The summed E-state index contributed by atoms with van der Waals surface area (Å²) in [4.78, 5) is 66.6. The van der Waals surface area contributed by atoms with Gasteiger partial charge in [0.2, 0.25) is 12.5 Å². The zero-order valence-corrected chi connectivity index (χ0v) is 17.9. The molecule has 2 aliphatic rings. The number of nitrogens with zero attached hydrogens (tertiary/aromatic N) is 2. The number of hydrogen-bond acceptors (Lipinski definition) is 8. The van der Waals surface area contributed by atoms with Crippen molar-refractivity contribution in [3.63, 3.8) is 0 Å². The molecule has 2 heterocycles. The molecule has 14 heteroatoms. The van der Waals surface area contributed by atoms with Gasteiger partial charge in [-0.15, -0.1) is 0 Å². The fourth-order valence-electron chi connectivity index (χ4n) is 3.56. The maximum atomic E-state index is 12.3. The Balaban J connectivity index is 1.60. The summed E-state index contributed by atoms with van der Waals surface area (Å²) in [5.41, 5.74) is 6.36. The van der Waals surface area contributed by atoms with Gasteiger partial charge in [-0.3, -0.25) is 29.5 Å². The molecule has 0 saturated heterocycles. The minimum atomic E-state index is -1.33. The normalized spacial score (nSPS) is 20.1. The average molecular weight is 474 g/mol. The maximum Gasteiger partial charge on any atom is 0.328 e.